The summed E-state index contributed by atoms with van der Waals surface area (Å²) in [5, 5.41) is 91.8. The van der Waals surface area contributed by atoms with Crippen LogP contribution in [0.3, 0.4) is 0 Å². The number of nitrogens with zero attached hydrogens (tertiary/aromatic N) is 1. The molecule has 2 aliphatic rings. The van der Waals surface area contributed by atoms with Gasteiger partial charge in [0.15, 0.2) is 12.6 Å². The summed E-state index contributed by atoms with van der Waals surface area (Å²) in [4.78, 5) is 28.7. The van der Waals surface area contributed by atoms with Crippen molar-refractivity contribution in [3.05, 3.63) is 12.1 Å². The van der Waals surface area contributed by atoms with Gasteiger partial charge in [-0.1, -0.05) is 0 Å². The molecule has 3 rings (SSSR count). The summed E-state index contributed by atoms with van der Waals surface area (Å²) in [5.74, 6) is -2.00. The lowest BCUT2D eigenvalue weighted by Crippen LogP contribution is -2.64. The highest BCUT2D eigenvalue weighted by molar-refractivity contribution is 5.76. The van der Waals surface area contributed by atoms with E-state index in [9.17, 15) is 55.5 Å². The van der Waals surface area contributed by atoms with Crippen molar-refractivity contribution in [1.29, 1.82) is 0 Å². The fourth-order valence-electron chi connectivity index (χ4n) is 4.34. The van der Waals surface area contributed by atoms with E-state index in [-0.39, 0.29) is 38.3 Å². The quantitative estimate of drug-likeness (QED) is 0.0884. The first-order valence-electron chi connectivity index (χ1n) is 13.3. The number of aliphatic hydroxyl groups is 7. The minimum atomic E-state index is -1.81. The first-order chi connectivity index (χ1) is 20.0. The molecule has 0 spiro atoms. The van der Waals surface area contributed by atoms with Crippen molar-refractivity contribution >= 4 is 11.9 Å². The van der Waals surface area contributed by atoms with E-state index in [1.165, 1.54) is 0 Å². The number of hydrogen-bond donors (Lipinski definition) is 10. The minimum absolute atomic E-state index is 0.0236. The maximum atomic E-state index is 12.1. The van der Waals surface area contributed by atoms with E-state index in [0.717, 1.165) is 12.1 Å². The number of rotatable bonds is 14. The molecule has 240 valence electrons. The monoisotopic (exact) mass is 610 g/mol. The van der Waals surface area contributed by atoms with E-state index in [2.05, 4.69) is 5.32 Å². The summed E-state index contributed by atoms with van der Waals surface area (Å²) in [6.45, 7) is -1.63. The van der Waals surface area contributed by atoms with Crippen LogP contribution in [0, 0.1) is 0 Å². The van der Waals surface area contributed by atoms with Crippen LogP contribution in [-0.4, -0.2) is 150 Å². The molecule has 1 aromatic heterocycles. The van der Waals surface area contributed by atoms with E-state index >= 15 is 0 Å². The van der Waals surface area contributed by atoms with Crippen LogP contribution in [0.1, 0.15) is 25.7 Å². The second kappa shape index (κ2) is 15.7. The zero-order valence-corrected chi connectivity index (χ0v) is 22.4. The molecule has 3 heterocycles. The van der Waals surface area contributed by atoms with Gasteiger partial charge in [-0.3, -0.25) is 4.79 Å². The topological polar surface area (TPSA) is 279 Å². The molecule has 10 atom stereocenters. The third kappa shape index (κ3) is 8.48. The predicted molar refractivity (Wildman–Crippen MR) is 133 cm³/mol. The molecule has 18 heteroatoms. The van der Waals surface area contributed by atoms with Gasteiger partial charge in [-0.05, 0) is 12.8 Å². The van der Waals surface area contributed by atoms with Crippen LogP contribution in [0.4, 0.5) is 0 Å². The second-order valence-corrected chi connectivity index (χ2v) is 9.74. The van der Waals surface area contributed by atoms with Gasteiger partial charge in [-0.25, -0.2) is 4.79 Å². The molecule has 0 aromatic carbocycles. The predicted octanol–water partition coefficient (Wildman–Crippen LogP) is -4.83. The average Bonchev–Trinajstić information content (AvgIpc) is 3.28. The van der Waals surface area contributed by atoms with Crippen LogP contribution in [-0.2, 0) is 28.5 Å². The van der Waals surface area contributed by atoms with Crippen molar-refractivity contribution in [1.82, 2.24) is 10.0 Å². The number of amides is 1. The second-order valence-electron chi connectivity index (χ2n) is 9.74. The van der Waals surface area contributed by atoms with Gasteiger partial charge in [-0.15, -0.1) is 4.73 Å². The van der Waals surface area contributed by atoms with Crippen molar-refractivity contribution in [3.8, 4) is 11.8 Å². The van der Waals surface area contributed by atoms with Crippen LogP contribution in [0.25, 0.3) is 0 Å². The molecule has 0 aliphatic carbocycles. The van der Waals surface area contributed by atoms with Gasteiger partial charge in [-0.2, -0.15) is 0 Å². The Morgan fingerprint density at radius 3 is 2.05 bits per heavy atom. The van der Waals surface area contributed by atoms with Gasteiger partial charge in [0.05, 0.1) is 19.8 Å². The lowest BCUT2D eigenvalue weighted by molar-refractivity contribution is -0.360. The number of carbonyl (C=O) groups is 2. The number of ether oxygens (including phenoxy) is 4. The summed E-state index contributed by atoms with van der Waals surface area (Å²) < 4.78 is 22.1. The van der Waals surface area contributed by atoms with Crippen molar-refractivity contribution < 1.29 is 79.3 Å². The molecular weight excluding hydrogens is 572 g/mol. The van der Waals surface area contributed by atoms with Gasteiger partial charge < -0.3 is 75.1 Å². The Hall–Kier alpha value is -2.62. The van der Waals surface area contributed by atoms with Gasteiger partial charge >= 0.3 is 5.97 Å². The molecule has 2 fully saturated rings. The smallest absolute Gasteiger partial charge is 0.333 e. The maximum absolute atomic E-state index is 12.1. The number of hydrogen-bond acceptors (Lipinski definition) is 16. The summed E-state index contributed by atoms with van der Waals surface area (Å²) in [5.41, 5.74) is 0. The van der Waals surface area contributed by atoms with Gasteiger partial charge in [0, 0.05) is 31.5 Å². The van der Waals surface area contributed by atoms with Crippen molar-refractivity contribution in [2.24, 2.45) is 0 Å². The van der Waals surface area contributed by atoms with Crippen LogP contribution >= 0.6 is 0 Å². The summed E-state index contributed by atoms with van der Waals surface area (Å²) in [6, 6.07) is 2.28. The first-order valence-corrected chi connectivity index (χ1v) is 13.3. The summed E-state index contributed by atoms with van der Waals surface area (Å²) in [6.07, 6.45) is -15.2. The van der Waals surface area contributed by atoms with Crippen LogP contribution < -0.4 is 10.2 Å². The zero-order chi connectivity index (χ0) is 31.0. The fraction of sp³-hybridized carbons (Fsp3) is 0.750. The van der Waals surface area contributed by atoms with Crippen LogP contribution in [0.5, 0.6) is 11.8 Å². The first kappa shape index (κ1) is 33.9. The Kier molecular flexibility index (Phi) is 12.7. The standard InChI is InChI=1S/C24H38N2O16/c27-9-11-17(33)19(35)20(36)24(40-11)41-22-18(34)12(10-28)39-23(21(22)37)38-8-7-25-13(29)3-1-2-4-16(32)42-26-14(30)5-6-15(26)31/h5-6,11-12,17-24,27-28,30-31,33-37H,1-4,7-10H2,(H,25,29). The van der Waals surface area contributed by atoms with Crippen LogP contribution in [0.15, 0.2) is 12.1 Å². The fourth-order valence-corrected chi connectivity index (χ4v) is 4.34. The van der Waals surface area contributed by atoms with Gasteiger partial charge in [0.25, 0.3) is 0 Å². The molecule has 0 bridgehead atoms. The van der Waals surface area contributed by atoms with Crippen molar-refractivity contribution in [2.45, 2.75) is 87.1 Å². The molecule has 0 saturated carbocycles. The number of aromatic nitrogens is 1. The number of unbranched alkanes of at least 4 members (excludes halogenated alkanes) is 1. The normalized spacial score (nSPS) is 33.3. The molecular formula is C24H38N2O16. The Balaban J connectivity index is 1.40. The molecule has 42 heavy (non-hydrogen) atoms. The van der Waals surface area contributed by atoms with E-state index in [1.54, 1.807) is 0 Å². The summed E-state index contributed by atoms with van der Waals surface area (Å²) in [7, 11) is 0. The Bertz CT molecular complexity index is 988. The van der Waals surface area contributed by atoms with Gasteiger partial charge in [0.2, 0.25) is 17.7 Å². The third-order valence-corrected chi connectivity index (χ3v) is 6.69. The van der Waals surface area contributed by atoms with E-state index in [4.69, 9.17) is 23.8 Å². The molecule has 10 unspecified atom stereocenters. The van der Waals surface area contributed by atoms with E-state index < -0.39 is 92.4 Å². The van der Waals surface area contributed by atoms with E-state index in [0.29, 0.717) is 11.2 Å². The summed E-state index contributed by atoms with van der Waals surface area (Å²) >= 11 is 0. The molecule has 1 amide bonds. The van der Waals surface area contributed by atoms with E-state index in [1.807, 2.05) is 0 Å². The zero-order valence-electron chi connectivity index (χ0n) is 22.4. The largest absolute Gasteiger partial charge is 0.492 e. The lowest BCUT2D eigenvalue weighted by atomic mass is 9.97. The number of nitrogens with one attached hydrogen (secondary N) is 1. The highest BCUT2D eigenvalue weighted by Gasteiger charge is 2.50. The number of aliphatic hydroxyl groups excluding tert-OH is 7. The molecule has 1 aromatic rings. The lowest BCUT2D eigenvalue weighted by Gasteiger charge is -2.45. The van der Waals surface area contributed by atoms with Crippen LogP contribution in [0.2, 0.25) is 0 Å². The Morgan fingerprint density at radius 2 is 1.40 bits per heavy atom. The third-order valence-electron chi connectivity index (χ3n) is 6.69. The van der Waals surface area contributed by atoms with Crippen molar-refractivity contribution in [2.75, 3.05) is 26.4 Å². The molecule has 0 radical (unpaired) electrons. The highest BCUT2D eigenvalue weighted by atomic mass is 16.7. The number of carbonyl (C=O) groups excluding carboxylic acids is 2. The minimum Gasteiger partial charge on any atom is -0.492 e. The maximum Gasteiger partial charge on any atom is 0.333 e. The Labute approximate surface area is 239 Å². The van der Waals surface area contributed by atoms with Crippen molar-refractivity contribution in [3.63, 3.8) is 0 Å². The van der Waals surface area contributed by atoms with Gasteiger partial charge in [0.1, 0.15) is 48.8 Å². The Morgan fingerprint density at radius 1 is 0.810 bits per heavy atom. The highest BCUT2D eigenvalue weighted by Crippen LogP contribution is 2.29. The molecule has 2 aliphatic heterocycles. The molecule has 2 saturated heterocycles. The average molecular weight is 611 g/mol. The number of aromatic hydroxyl groups is 2. The molecule has 18 nitrogen and oxygen atoms in total. The molecule has 10 N–H and O–H groups in total. The SMILES string of the molecule is O=C(CCCCC(=O)On1c(O)ccc1O)NCCOC1OC(CO)C(O)C(OC2OC(CO)C(O)C(O)C2O)C1O.